The van der Waals surface area contributed by atoms with Gasteiger partial charge in [-0.3, -0.25) is 14.3 Å². The first-order valence-electron chi connectivity index (χ1n) is 5.36. The number of rotatable bonds is 5. The summed E-state index contributed by atoms with van der Waals surface area (Å²) in [6, 6.07) is 1.05. The van der Waals surface area contributed by atoms with E-state index in [0.29, 0.717) is 11.1 Å². The first-order chi connectivity index (χ1) is 7.79. The van der Waals surface area contributed by atoms with Gasteiger partial charge in [0.05, 0.1) is 4.47 Å². The molecule has 0 bridgehead atoms. The maximum atomic E-state index is 11.4. The Kier molecular flexibility index (Phi) is 4.90. The molecule has 0 fully saturated rings. The van der Waals surface area contributed by atoms with E-state index in [1.54, 1.807) is 0 Å². The average Bonchev–Trinajstić information content (AvgIpc) is 2.18. The zero-order valence-electron chi connectivity index (χ0n) is 10.2. The van der Waals surface area contributed by atoms with Crippen molar-refractivity contribution in [1.29, 1.82) is 0 Å². The van der Waals surface area contributed by atoms with E-state index in [2.05, 4.69) is 40.6 Å². The van der Waals surface area contributed by atoms with Crippen LogP contribution in [0.2, 0.25) is 25.7 Å². The van der Waals surface area contributed by atoms with Gasteiger partial charge in [-0.1, -0.05) is 19.6 Å². The van der Waals surface area contributed by atoms with E-state index in [4.69, 9.17) is 4.74 Å². The highest BCUT2D eigenvalue weighted by atomic mass is 79.9. The quantitative estimate of drug-likeness (QED) is 0.662. The van der Waals surface area contributed by atoms with Gasteiger partial charge in [0.25, 0.3) is 5.56 Å². The van der Waals surface area contributed by atoms with Crippen molar-refractivity contribution in [3.05, 3.63) is 31.5 Å². The van der Waals surface area contributed by atoms with Gasteiger partial charge in [-0.2, -0.15) is 0 Å². The monoisotopic (exact) mass is 320 g/mol. The van der Waals surface area contributed by atoms with Gasteiger partial charge in [-0.25, -0.2) is 4.79 Å². The third-order valence-corrected chi connectivity index (χ3v) is 4.46. The second kappa shape index (κ2) is 5.79. The van der Waals surface area contributed by atoms with Crippen molar-refractivity contribution in [3.8, 4) is 0 Å². The van der Waals surface area contributed by atoms with Crippen LogP contribution in [0.25, 0.3) is 0 Å². The maximum Gasteiger partial charge on any atom is 0.330 e. The molecule has 0 aliphatic rings. The largest absolute Gasteiger partial charge is 0.361 e. The Morgan fingerprint density at radius 3 is 2.65 bits per heavy atom. The Morgan fingerprint density at radius 1 is 1.41 bits per heavy atom. The molecule has 0 unspecified atom stereocenters. The maximum absolute atomic E-state index is 11.4. The van der Waals surface area contributed by atoms with Gasteiger partial charge in [0.15, 0.2) is 0 Å². The van der Waals surface area contributed by atoms with Crippen LogP contribution in [-0.4, -0.2) is 24.2 Å². The van der Waals surface area contributed by atoms with Crippen LogP contribution in [0.3, 0.4) is 0 Å². The summed E-state index contributed by atoms with van der Waals surface area (Å²) in [5.74, 6) is 0. The van der Waals surface area contributed by atoms with Crippen LogP contribution in [-0.2, 0) is 11.5 Å². The SMILES string of the molecule is C[Si](C)(C)CCOCn1cc(Br)c(=O)[nH]c1=O. The molecule has 0 aromatic carbocycles. The molecule has 5 nitrogen and oxygen atoms in total. The molecule has 7 heteroatoms. The summed E-state index contributed by atoms with van der Waals surface area (Å²) >= 11 is 3.07. The molecule has 0 aliphatic carbocycles. The Bertz CT molecular complexity index is 490. The summed E-state index contributed by atoms with van der Waals surface area (Å²) in [5, 5.41) is 0. The molecule has 0 saturated carbocycles. The lowest BCUT2D eigenvalue weighted by Gasteiger charge is -2.15. The van der Waals surface area contributed by atoms with E-state index in [9.17, 15) is 9.59 Å². The molecule has 0 aliphatic heterocycles. The number of aromatic amines is 1. The molecule has 96 valence electrons. The summed E-state index contributed by atoms with van der Waals surface area (Å²) in [7, 11) is -1.11. The fraction of sp³-hybridized carbons (Fsp3) is 0.600. The van der Waals surface area contributed by atoms with Crippen molar-refractivity contribution in [2.24, 2.45) is 0 Å². The predicted octanol–water partition coefficient (Wildman–Crippen LogP) is 1.61. The zero-order valence-corrected chi connectivity index (χ0v) is 12.8. The Balaban J connectivity index is 2.56. The molecule has 0 radical (unpaired) electrons. The lowest BCUT2D eigenvalue weighted by Crippen LogP contribution is -2.31. The van der Waals surface area contributed by atoms with Gasteiger partial charge in [-0.05, 0) is 22.0 Å². The van der Waals surface area contributed by atoms with Crippen LogP contribution < -0.4 is 11.2 Å². The highest BCUT2D eigenvalue weighted by Crippen LogP contribution is 2.07. The van der Waals surface area contributed by atoms with Crippen LogP contribution in [0.4, 0.5) is 0 Å². The van der Waals surface area contributed by atoms with Gasteiger partial charge in [0.1, 0.15) is 6.73 Å². The molecular formula is C10H17BrN2O3Si. The number of H-pyrrole nitrogens is 1. The Labute approximate surface area is 109 Å². The van der Waals surface area contributed by atoms with E-state index in [0.717, 1.165) is 6.04 Å². The first kappa shape index (κ1) is 14.4. The van der Waals surface area contributed by atoms with Crippen molar-refractivity contribution < 1.29 is 4.74 Å². The summed E-state index contributed by atoms with van der Waals surface area (Å²) in [6.45, 7) is 7.59. The highest BCUT2D eigenvalue weighted by Gasteiger charge is 2.12. The normalized spacial score (nSPS) is 11.8. The molecule has 1 N–H and O–H groups in total. The van der Waals surface area contributed by atoms with Crippen molar-refractivity contribution >= 4 is 24.0 Å². The summed E-state index contributed by atoms with van der Waals surface area (Å²) in [4.78, 5) is 24.7. The molecule has 1 rings (SSSR count). The Morgan fingerprint density at radius 2 is 2.06 bits per heavy atom. The fourth-order valence-corrected chi connectivity index (χ4v) is 2.22. The molecule has 0 saturated heterocycles. The molecule has 0 amide bonds. The van der Waals surface area contributed by atoms with Crippen molar-refractivity contribution in [1.82, 2.24) is 9.55 Å². The molecule has 0 atom stereocenters. The minimum Gasteiger partial charge on any atom is -0.361 e. The molecular weight excluding hydrogens is 304 g/mol. The van der Waals surface area contributed by atoms with Crippen LogP contribution >= 0.6 is 15.9 Å². The predicted molar refractivity (Wildman–Crippen MR) is 73.1 cm³/mol. The van der Waals surface area contributed by atoms with E-state index >= 15 is 0 Å². The number of nitrogens with one attached hydrogen (secondary N) is 1. The smallest absolute Gasteiger partial charge is 0.330 e. The number of hydrogen-bond donors (Lipinski definition) is 1. The molecule has 0 spiro atoms. The molecule has 1 aromatic heterocycles. The van der Waals surface area contributed by atoms with Crippen LogP contribution in [0.1, 0.15) is 0 Å². The van der Waals surface area contributed by atoms with Crippen molar-refractivity contribution in [2.75, 3.05) is 6.61 Å². The fourth-order valence-electron chi connectivity index (χ4n) is 1.12. The number of nitrogens with zero attached hydrogens (tertiary/aromatic N) is 1. The van der Waals surface area contributed by atoms with E-state index in [1.807, 2.05) is 0 Å². The number of ether oxygens (including phenoxy) is 1. The number of hydrogen-bond acceptors (Lipinski definition) is 3. The zero-order chi connectivity index (χ0) is 13.1. The van der Waals surface area contributed by atoms with E-state index in [1.165, 1.54) is 10.8 Å². The van der Waals surface area contributed by atoms with Gasteiger partial charge >= 0.3 is 5.69 Å². The minimum absolute atomic E-state index is 0.165. The highest BCUT2D eigenvalue weighted by molar-refractivity contribution is 9.10. The van der Waals surface area contributed by atoms with Gasteiger partial charge in [0, 0.05) is 20.9 Å². The van der Waals surface area contributed by atoms with Crippen molar-refractivity contribution in [2.45, 2.75) is 32.4 Å². The minimum atomic E-state index is -1.11. The topological polar surface area (TPSA) is 64.1 Å². The molecule has 1 heterocycles. The lowest BCUT2D eigenvalue weighted by atomic mass is 10.6. The summed E-state index contributed by atoms with van der Waals surface area (Å²) in [6.07, 6.45) is 1.44. The molecule has 1 aromatic rings. The number of aromatic nitrogens is 2. The van der Waals surface area contributed by atoms with Crippen LogP contribution in [0.5, 0.6) is 0 Å². The van der Waals surface area contributed by atoms with Gasteiger partial charge < -0.3 is 4.74 Å². The summed E-state index contributed by atoms with van der Waals surface area (Å²) < 4.78 is 7.08. The van der Waals surface area contributed by atoms with Gasteiger partial charge in [-0.15, -0.1) is 0 Å². The van der Waals surface area contributed by atoms with E-state index < -0.39 is 19.3 Å². The molecule has 17 heavy (non-hydrogen) atoms. The summed E-state index contributed by atoms with van der Waals surface area (Å²) in [5.41, 5.74) is -0.875. The standard InChI is InChI=1S/C10H17BrN2O3Si/c1-17(2,3)5-4-16-7-13-6-8(11)9(14)12-10(13)15/h6H,4-5,7H2,1-3H3,(H,12,14,15). The van der Waals surface area contributed by atoms with E-state index in [-0.39, 0.29) is 6.73 Å². The second-order valence-electron chi connectivity index (χ2n) is 5.05. The van der Waals surface area contributed by atoms with Gasteiger partial charge in [0.2, 0.25) is 0 Å². The average molecular weight is 321 g/mol. The third kappa shape index (κ3) is 5.01. The number of halogens is 1. The Hall–Kier alpha value is -0.663. The van der Waals surface area contributed by atoms with Crippen molar-refractivity contribution in [3.63, 3.8) is 0 Å². The lowest BCUT2D eigenvalue weighted by molar-refractivity contribution is 0.0835. The van der Waals surface area contributed by atoms with Crippen LogP contribution in [0.15, 0.2) is 20.3 Å². The van der Waals surface area contributed by atoms with Crippen LogP contribution in [0, 0.1) is 0 Å². The first-order valence-corrected chi connectivity index (χ1v) is 9.86. The second-order valence-corrected chi connectivity index (χ2v) is 11.5. The third-order valence-electron chi connectivity index (χ3n) is 2.19.